The second-order valence-electron chi connectivity index (χ2n) is 3.36. The lowest BCUT2D eigenvalue weighted by Gasteiger charge is -2.40. The first-order valence-corrected chi connectivity index (χ1v) is 6.30. The van der Waals surface area contributed by atoms with E-state index in [-0.39, 0.29) is 0 Å². The summed E-state index contributed by atoms with van der Waals surface area (Å²) in [6.45, 7) is 0.329. The van der Waals surface area contributed by atoms with Crippen LogP contribution < -0.4 is 0 Å². The Morgan fingerprint density at radius 3 is 1.88 bits per heavy atom. The van der Waals surface area contributed by atoms with Crippen LogP contribution in [0, 0.1) is 0 Å². The number of halogens is 5. The van der Waals surface area contributed by atoms with Crippen molar-refractivity contribution in [2.24, 2.45) is 0 Å². The van der Waals surface area contributed by atoms with E-state index in [1.165, 1.54) is 7.11 Å². The molecule has 0 spiro atoms. The Balaban J connectivity index is 2.97. The van der Waals surface area contributed by atoms with Gasteiger partial charge in [-0.15, -0.1) is 0 Å². The van der Waals surface area contributed by atoms with Gasteiger partial charge in [-0.1, -0.05) is 31.6 Å². The zero-order valence-corrected chi connectivity index (χ0v) is 9.25. The zero-order chi connectivity index (χ0) is 12.5. The van der Waals surface area contributed by atoms with Gasteiger partial charge < -0.3 is 4.74 Å². The molecule has 0 aliphatic rings. The highest BCUT2D eigenvalue weighted by molar-refractivity contribution is 8.45. The van der Waals surface area contributed by atoms with Gasteiger partial charge in [0.15, 0.2) is 0 Å². The topological polar surface area (TPSA) is 9.23 Å². The molecule has 1 nitrogen and oxygen atoms in total. The highest BCUT2D eigenvalue weighted by Crippen LogP contribution is 3.02. The highest BCUT2D eigenvalue weighted by Gasteiger charge is 2.65. The summed E-state index contributed by atoms with van der Waals surface area (Å²) in [5.74, 6) is 0. The molecular weight excluding hydrogens is 251 g/mol. The standard InChI is InChI=1S/C9H11F5OS/c1-15-7-6-8-2-4-9(5-3-8)16(10,11,12,13)14/h2-5H,6-7H2,1H3. The second kappa shape index (κ2) is 3.33. The maximum absolute atomic E-state index is 12.3. The minimum Gasteiger partial charge on any atom is -0.384 e. The molecular formula is C9H11F5OS. The maximum Gasteiger partial charge on any atom is 0.310 e. The average molecular weight is 262 g/mol. The van der Waals surface area contributed by atoms with E-state index < -0.39 is 15.1 Å². The van der Waals surface area contributed by atoms with Gasteiger partial charge in [0.25, 0.3) is 0 Å². The quantitative estimate of drug-likeness (QED) is 0.724. The van der Waals surface area contributed by atoms with Crippen LogP contribution in [0.4, 0.5) is 19.4 Å². The van der Waals surface area contributed by atoms with Crippen molar-refractivity contribution in [3.05, 3.63) is 29.8 Å². The van der Waals surface area contributed by atoms with Crippen LogP contribution in [0.15, 0.2) is 29.2 Å². The van der Waals surface area contributed by atoms with Crippen molar-refractivity contribution in [2.45, 2.75) is 11.3 Å². The predicted octanol–water partition coefficient (Wildman–Crippen LogP) is 4.53. The van der Waals surface area contributed by atoms with E-state index in [0.29, 0.717) is 30.7 Å². The number of hydrogen-bond donors (Lipinski definition) is 0. The van der Waals surface area contributed by atoms with Gasteiger partial charge in [0.05, 0.1) is 6.61 Å². The molecule has 0 N–H and O–H groups in total. The lowest BCUT2D eigenvalue weighted by atomic mass is 10.2. The molecule has 7 heteroatoms. The Labute approximate surface area is 89.9 Å². The van der Waals surface area contributed by atoms with E-state index in [4.69, 9.17) is 4.74 Å². The lowest BCUT2D eigenvalue weighted by molar-refractivity contribution is 0.202. The molecule has 0 saturated heterocycles. The summed E-state index contributed by atoms with van der Waals surface area (Å²) >= 11 is 0. The summed E-state index contributed by atoms with van der Waals surface area (Å²) in [5, 5.41) is 0. The van der Waals surface area contributed by atoms with Crippen molar-refractivity contribution in [3.8, 4) is 0 Å². The summed E-state index contributed by atoms with van der Waals surface area (Å²) < 4.78 is 66.3. The molecule has 1 rings (SSSR count). The molecule has 94 valence electrons. The molecule has 1 aromatic rings. The summed E-state index contributed by atoms with van der Waals surface area (Å²) in [6.07, 6.45) is 0.386. The van der Waals surface area contributed by atoms with Gasteiger partial charge in [-0.2, -0.15) is 0 Å². The molecule has 0 fully saturated rings. The first-order chi connectivity index (χ1) is 7.03. The molecule has 16 heavy (non-hydrogen) atoms. The van der Waals surface area contributed by atoms with Crippen LogP contribution in [0.3, 0.4) is 0 Å². The Morgan fingerprint density at radius 2 is 1.50 bits per heavy atom. The van der Waals surface area contributed by atoms with Crippen LogP contribution in [0.2, 0.25) is 0 Å². The first-order valence-electron chi connectivity index (χ1n) is 4.35. The predicted molar refractivity (Wildman–Crippen MR) is 53.4 cm³/mol. The highest BCUT2D eigenvalue weighted by atomic mass is 32.5. The Bertz CT molecular complexity index is 368. The van der Waals surface area contributed by atoms with E-state index in [0.717, 1.165) is 12.1 Å². The van der Waals surface area contributed by atoms with Crippen LogP contribution in [0.25, 0.3) is 0 Å². The third kappa shape index (κ3) is 3.64. The third-order valence-corrected chi connectivity index (χ3v) is 3.13. The molecule has 0 unspecified atom stereocenters. The first kappa shape index (κ1) is 13.2. The van der Waals surface area contributed by atoms with Crippen molar-refractivity contribution < 1.29 is 24.2 Å². The Morgan fingerprint density at radius 1 is 1.00 bits per heavy atom. The molecule has 0 aromatic heterocycles. The summed E-state index contributed by atoms with van der Waals surface area (Å²) in [5.41, 5.74) is 0.521. The number of ether oxygens (including phenoxy) is 1. The van der Waals surface area contributed by atoms with Crippen LogP contribution in [-0.2, 0) is 11.2 Å². The lowest BCUT2D eigenvalue weighted by Crippen LogP contribution is -2.06. The second-order valence-corrected chi connectivity index (χ2v) is 5.77. The van der Waals surface area contributed by atoms with Crippen LogP contribution in [0.5, 0.6) is 0 Å². The summed E-state index contributed by atoms with van der Waals surface area (Å²) in [4.78, 5) is -1.86. The van der Waals surface area contributed by atoms with Crippen LogP contribution in [-0.4, -0.2) is 13.7 Å². The van der Waals surface area contributed by atoms with Gasteiger partial charge in [-0.05, 0) is 24.1 Å². The summed E-state index contributed by atoms with van der Waals surface area (Å²) in [7, 11) is -8.07. The monoisotopic (exact) mass is 262 g/mol. The smallest absolute Gasteiger partial charge is 0.310 e. The fourth-order valence-electron chi connectivity index (χ4n) is 1.13. The SMILES string of the molecule is COCCc1ccc(S(F)(F)(F)(F)F)cc1. The number of benzene rings is 1. The summed E-state index contributed by atoms with van der Waals surface area (Å²) in [6, 6.07) is 2.89. The van der Waals surface area contributed by atoms with E-state index in [1.54, 1.807) is 0 Å². The van der Waals surface area contributed by atoms with Crippen molar-refractivity contribution in [3.63, 3.8) is 0 Å². The zero-order valence-electron chi connectivity index (χ0n) is 8.43. The van der Waals surface area contributed by atoms with E-state index in [9.17, 15) is 19.4 Å². The van der Waals surface area contributed by atoms with Gasteiger partial charge in [0, 0.05) is 7.11 Å². The fourth-order valence-corrected chi connectivity index (χ4v) is 1.78. The largest absolute Gasteiger partial charge is 0.384 e. The van der Waals surface area contributed by atoms with Crippen molar-refractivity contribution in [1.82, 2.24) is 0 Å². The number of methoxy groups -OCH3 is 1. The van der Waals surface area contributed by atoms with Gasteiger partial charge in [0.2, 0.25) is 0 Å². The number of rotatable bonds is 4. The number of hydrogen-bond acceptors (Lipinski definition) is 1. The average Bonchev–Trinajstić information content (AvgIpc) is 2.12. The molecule has 0 atom stereocenters. The molecule has 0 aliphatic carbocycles. The maximum atomic E-state index is 12.3. The Kier molecular flexibility index (Phi) is 2.76. The van der Waals surface area contributed by atoms with Crippen molar-refractivity contribution in [2.75, 3.05) is 13.7 Å². The van der Waals surface area contributed by atoms with Gasteiger partial charge in [-0.3, -0.25) is 0 Å². The molecule has 0 bridgehead atoms. The Hall–Kier alpha value is -0.820. The molecule has 0 saturated carbocycles. The molecule has 0 radical (unpaired) electrons. The molecule has 0 heterocycles. The van der Waals surface area contributed by atoms with Gasteiger partial charge in [0.1, 0.15) is 4.90 Å². The van der Waals surface area contributed by atoms with E-state index >= 15 is 0 Å². The van der Waals surface area contributed by atoms with Crippen molar-refractivity contribution >= 4 is 10.2 Å². The van der Waals surface area contributed by atoms with Gasteiger partial charge >= 0.3 is 10.2 Å². The van der Waals surface area contributed by atoms with E-state index in [2.05, 4.69) is 0 Å². The third-order valence-electron chi connectivity index (χ3n) is 1.96. The molecule has 1 aromatic carbocycles. The normalized spacial score (nSPS) is 16.6. The minimum absolute atomic E-state index is 0.329. The molecule has 0 aliphatic heterocycles. The van der Waals surface area contributed by atoms with Gasteiger partial charge in [-0.25, -0.2) is 0 Å². The van der Waals surface area contributed by atoms with Crippen molar-refractivity contribution in [1.29, 1.82) is 0 Å². The van der Waals surface area contributed by atoms with Crippen LogP contribution >= 0.6 is 10.2 Å². The van der Waals surface area contributed by atoms with E-state index in [1.807, 2.05) is 0 Å². The molecule has 0 amide bonds. The minimum atomic E-state index is -9.52. The fraction of sp³-hybridized carbons (Fsp3) is 0.333. The van der Waals surface area contributed by atoms with Crippen LogP contribution in [0.1, 0.15) is 5.56 Å².